The molecule has 1 amide bonds. The number of aromatic nitrogens is 1. The molecule has 0 saturated heterocycles. The molecule has 6 nitrogen and oxygen atoms in total. The molecule has 162 valence electrons. The van der Waals surface area contributed by atoms with Gasteiger partial charge >= 0.3 is 0 Å². The second kappa shape index (κ2) is 8.73. The van der Waals surface area contributed by atoms with Gasteiger partial charge in [-0.2, -0.15) is 10.1 Å². The van der Waals surface area contributed by atoms with E-state index in [9.17, 15) is 9.59 Å². The molecule has 0 fully saturated rings. The summed E-state index contributed by atoms with van der Waals surface area (Å²) < 4.78 is 7.39. The van der Waals surface area contributed by atoms with Crippen molar-refractivity contribution in [1.82, 2.24) is 4.98 Å². The summed E-state index contributed by atoms with van der Waals surface area (Å²) in [5, 5.41) is 6.45. The van der Waals surface area contributed by atoms with Crippen molar-refractivity contribution in [3.8, 4) is 0 Å². The van der Waals surface area contributed by atoms with Crippen molar-refractivity contribution in [2.45, 2.75) is 6.92 Å². The van der Waals surface area contributed by atoms with Crippen LogP contribution in [0.1, 0.15) is 21.5 Å². The lowest BCUT2D eigenvalue weighted by atomic mass is 10.1. The second-order valence-electron chi connectivity index (χ2n) is 7.35. The molecule has 0 radical (unpaired) electrons. The zero-order chi connectivity index (χ0) is 22.9. The number of thiazole rings is 1. The van der Waals surface area contributed by atoms with Gasteiger partial charge in [-0.3, -0.25) is 9.59 Å². The average Bonchev–Trinajstić information content (AvgIpc) is 3.24. The molecule has 3 aromatic carbocycles. The summed E-state index contributed by atoms with van der Waals surface area (Å²) in [6.07, 6.45) is 2.69. The van der Waals surface area contributed by atoms with E-state index in [1.165, 1.54) is 28.8 Å². The van der Waals surface area contributed by atoms with E-state index in [1.807, 2.05) is 37.3 Å². The number of nitrogens with zero attached hydrogens (tertiary/aromatic N) is 3. The normalized spacial score (nSPS) is 11.5. The van der Waals surface area contributed by atoms with Gasteiger partial charge in [0.15, 0.2) is 0 Å². The fourth-order valence-electron chi connectivity index (χ4n) is 3.29. The first-order valence-electron chi connectivity index (χ1n) is 10.0. The van der Waals surface area contributed by atoms with E-state index in [0.29, 0.717) is 21.7 Å². The summed E-state index contributed by atoms with van der Waals surface area (Å²) in [6, 6.07) is 19.9. The topological polar surface area (TPSA) is 75.8 Å². The SMILES string of the molecule is Cc1ccc(C(=O)N(/N=C/c2coc3ccccc3c2=O)c2nc3ccc(Br)cc3s2)cc1. The summed E-state index contributed by atoms with van der Waals surface area (Å²) in [6.45, 7) is 1.95. The molecule has 2 heterocycles. The standard InChI is InChI=1S/C25H16BrN3O3S/c1-15-6-8-16(9-7-15)24(31)29(25-28-20-11-10-18(26)12-22(20)33-25)27-13-17-14-32-21-5-3-2-4-19(21)23(17)30/h2-14H,1H3/b27-13+. The van der Waals surface area contributed by atoms with E-state index in [-0.39, 0.29) is 16.9 Å². The number of carbonyl (C=O) groups excluding carboxylic acids is 1. The number of aryl methyl sites for hydroxylation is 1. The third-order valence-corrected chi connectivity index (χ3v) is 6.52. The molecule has 0 bridgehead atoms. The highest BCUT2D eigenvalue weighted by molar-refractivity contribution is 9.10. The van der Waals surface area contributed by atoms with Crippen LogP contribution in [0.15, 0.2) is 91.8 Å². The lowest BCUT2D eigenvalue weighted by molar-refractivity contribution is 0.0988. The van der Waals surface area contributed by atoms with E-state index in [2.05, 4.69) is 26.0 Å². The van der Waals surface area contributed by atoms with Crippen LogP contribution in [0, 0.1) is 6.92 Å². The van der Waals surface area contributed by atoms with Gasteiger partial charge in [0.1, 0.15) is 11.8 Å². The smallest absolute Gasteiger partial charge is 0.280 e. The molecule has 0 aliphatic heterocycles. The Morgan fingerprint density at radius 2 is 1.91 bits per heavy atom. The Labute approximate surface area is 200 Å². The van der Waals surface area contributed by atoms with Gasteiger partial charge in [-0.05, 0) is 49.4 Å². The largest absolute Gasteiger partial charge is 0.463 e. The van der Waals surface area contributed by atoms with Gasteiger partial charge in [-0.25, -0.2) is 4.98 Å². The predicted molar refractivity (Wildman–Crippen MR) is 135 cm³/mol. The monoisotopic (exact) mass is 517 g/mol. The van der Waals surface area contributed by atoms with Crippen LogP contribution in [0.5, 0.6) is 0 Å². The molecule has 33 heavy (non-hydrogen) atoms. The van der Waals surface area contributed by atoms with Crippen LogP contribution in [0.3, 0.4) is 0 Å². The van der Waals surface area contributed by atoms with E-state index in [1.54, 1.807) is 36.4 Å². The molecule has 0 spiro atoms. The maximum atomic E-state index is 13.4. The van der Waals surface area contributed by atoms with Crippen molar-refractivity contribution >= 4 is 65.7 Å². The van der Waals surface area contributed by atoms with Gasteiger partial charge in [-0.1, -0.05) is 57.1 Å². The average molecular weight is 518 g/mol. The molecule has 8 heteroatoms. The highest BCUT2D eigenvalue weighted by atomic mass is 79.9. The Kier molecular flexibility index (Phi) is 5.62. The number of para-hydroxylation sites is 1. The van der Waals surface area contributed by atoms with Crippen LogP contribution >= 0.6 is 27.3 Å². The molecular formula is C25H16BrN3O3S. The number of hydrogen-bond acceptors (Lipinski definition) is 6. The molecule has 0 N–H and O–H groups in total. The van der Waals surface area contributed by atoms with Crippen LogP contribution in [0.4, 0.5) is 5.13 Å². The second-order valence-corrected chi connectivity index (χ2v) is 9.28. The fraction of sp³-hybridized carbons (Fsp3) is 0.0400. The Bertz CT molecular complexity index is 1590. The predicted octanol–water partition coefficient (Wildman–Crippen LogP) is 6.15. The van der Waals surface area contributed by atoms with Crippen LogP contribution in [-0.4, -0.2) is 17.1 Å². The maximum Gasteiger partial charge on any atom is 0.280 e. The van der Waals surface area contributed by atoms with Gasteiger partial charge in [-0.15, -0.1) is 0 Å². The first-order chi connectivity index (χ1) is 16.0. The Morgan fingerprint density at radius 1 is 1.12 bits per heavy atom. The van der Waals surface area contributed by atoms with Crippen molar-refractivity contribution in [2.75, 3.05) is 5.01 Å². The zero-order valence-corrected chi connectivity index (χ0v) is 19.8. The molecule has 0 aliphatic rings. The lowest BCUT2D eigenvalue weighted by Gasteiger charge is -2.14. The molecule has 2 aromatic heterocycles. The van der Waals surface area contributed by atoms with E-state index in [0.717, 1.165) is 20.3 Å². The van der Waals surface area contributed by atoms with Gasteiger partial charge in [0.05, 0.1) is 27.4 Å². The van der Waals surface area contributed by atoms with Gasteiger partial charge in [0.25, 0.3) is 5.91 Å². The van der Waals surface area contributed by atoms with Crippen molar-refractivity contribution in [1.29, 1.82) is 0 Å². The quantitative estimate of drug-likeness (QED) is 0.211. The lowest BCUT2D eigenvalue weighted by Crippen LogP contribution is -2.26. The first kappa shape index (κ1) is 21.2. The summed E-state index contributed by atoms with van der Waals surface area (Å²) in [7, 11) is 0. The zero-order valence-electron chi connectivity index (χ0n) is 17.4. The summed E-state index contributed by atoms with van der Waals surface area (Å²) in [5.41, 5.74) is 2.75. The Hall–Kier alpha value is -3.62. The van der Waals surface area contributed by atoms with Crippen LogP contribution in [-0.2, 0) is 0 Å². The van der Waals surface area contributed by atoms with Gasteiger partial charge < -0.3 is 4.42 Å². The number of benzene rings is 3. The number of fused-ring (bicyclic) bond motifs is 2. The first-order valence-corrected chi connectivity index (χ1v) is 11.6. The minimum absolute atomic E-state index is 0.225. The maximum absolute atomic E-state index is 13.4. The van der Waals surface area contributed by atoms with Crippen molar-refractivity contribution in [2.24, 2.45) is 5.10 Å². The molecule has 0 unspecified atom stereocenters. The van der Waals surface area contributed by atoms with Crippen LogP contribution in [0.25, 0.3) is 21.2 Å². The van der Waals surface area contributed by atoms with Crippen molar-refractivity contribution in [3.05, 3.63) is 104 Å². The van der Waals surface area contributed by atoms with Gasteiger partial charge in [0.2, 0.25) is 10.6 Å². The molecule has 5 rings (SSSR count). The number of halogens is 1. The number of anilines is 1. The molecule has 0 atom stereocenters. The summed E-state index contributed by atoms with van der Waals surface area (Å²) in [4.78, 5) is 30.8. The third-order valence-electron chi connectivity index (χ3n) is 5.03. The number of carbonyl (C=O) groups is 1. The molecule has 5 aromatic rings. The van der Waals surface area contributed by atoms with Crippen molar-refractivity contribution in [3.63, 3.8) is 0 Å². The third kappa shape index (κ3) is 4.22. The molecular weight excluding hydrogens is 502 g/mol. The van der Waals surface area contributed by atoms with E-state index < -0.39 is 0 Å². The van der Waals surface area contributed by atoms with Crippen LogP contribution < -0.4 is 10.4 Å². The van der Waals surface area contributed by atoms with E-state index in [4.69, 9.17) is 4.42 Å². The number of rotatable bonds is 4. The minimum Gasteiger partial charge on any atom is -0.463 e. The fourth-order valence-corrected chi connectivity index (χ4v) is 4.76. The highest BCUT2D eigenvalue weighted by Gasteiger charge is 2.21. The number of amides is 1. The van der Waals surface area contributed by atoms with Crippen molar-refractivity contribution < 1.29 is 9.21 Å². The van der Waals surface area contributed by atoms with Gasteiger partial charge in [0, 0.05) is 10.0 Å². The summed E-state index contributed by atoms with van der Waals surface area (Å²) in [5.74, 6) is -0.352. The molecule has 0 saturated carbocycles. The molecule has 0 aliphatic carbocycles. The number of hydrazone groups is 1. The number of hydrogen-bond donors (Lipinski definition) is 0. The van der Waals surface area contributed by atoms with Crippen LogP contribution in [0.2, 0.25) is 0 Å². The summed E-state index contributed by atoms with van der Waals surface area (Å²) >= 11 is 4.80. The van der Waals surface area contributed by atoms with E-state index >= 15 is 0 Å². The Balaban J connectivity index is 1.60. The minimum atomic E-state index is -0.352. The highest BCUT2D eigenvalue weighted by Crippen LogP contribution is 2.32. The Morgan fingerprint density at radius 3 is 2.73 bits per heavy atom.